The average molecular weight is 359 g/mol. The van der Waals surface area contributed by atoms with E-state index in [0.717, 1.165) is 5.56 Å². The highest BCUT2D eigenvalue weighted by Gasteiger charge is 2.35. The molecule has 1 aromatic heterocycles. The van der Waals surface area contributed by atoms with Gasteiger partial charge in [-0.1, -0.05) is 17.7 Å². The number of nitrogen functional groups attached to an aromatic ring is 1. The zero-order valence-electron chi connectivity index (χ0n) is 12.5. The third kappa shape index (κ3) is 2.99. The van der Waals surface area contributed by atoms with Gasteiger partial charge in [0.2, 0.25) is 15.3 Å². The van der Waals surface area contributed by atoms with Crippen LogP contribution in [0.25, 0.3) is 0 Å². The van der Waals surface area contributed by atoms with E-state index < -0.39 is 10.0 Å². The van der Waals surface area contributed by atoms with Gasteiger partial charge >= 0.3 is 11.0 Å². The second-order valence-corrected chi connectivity index (χ2v) is 7.58. The number of anilines is 1. The van der Waals surface area contributed by atoms with Crippen LogP contribution >= 0.6 is 11.6 Å². The minimum Gasteiger partial charge on any atom is -0.361 e. The van der Waals surface area contributed by atoms with Crippen LogP contribution in [0, 0.1) is 6.92 Å². The highest BCUT2D eigenvalue weighted by atomic mass is 35.5. The van der Waals surface area contributed by atoms with Gasteiger partial charge in [0.1, 0.15) is 0 Å². The fourth-order valence-corrected chi connectivity index (χ4v) is 3.99. The van der Waals surface area contributed by atoms with Gasteiger partial charge in [-0.3, -0.25) is 4.52 Å². The lowest BCUT2D eigenvalue weighted by atomic mass is 10.2. The van der Waals surface area contributed by atoms with Gasteiger partial charge in [-0.25, -0.2) is 8.42 Å². The van der Waals surface area contributed by atoms with Gasteiger partial charge in [0.15, 0.2) is 0 Å². The number of benzene rings is 1. The van der Waals surface area contributed by atoms with Crippen LogP contribution in [0.4, 0.5) is 5.88 Å². The van der Waals surface area contributed by atoms with Gasteiger partial charge in [-0.05, 0) is 19.1 Å². The van der Waals surface area contributed by atoms with E-state index in [9.17, 15) is 8.42 Å². The molecule has 1 aliphatic rings. The molecule has 2 heterocycles. The van der Waals surface area contributed by atoms with Crippen LogP contribution in [0.15, 0.2) is 33.7 Å². The molecule has 0 unspecified atom stereocenters. The first-order valence-electron chi connectivity index (χ1n) is 7.04. The van der Waals surface area contributed by atoms with Crippen LogP contribution < -0.4 is 15.5 Å². The Hall–Kier alpha value is -1.84. The van der Waals surface area contributed by atoms with E-state index in [1.165, 1.54) is 9.10 Å². The number of sulfonamides is 1. The summed E-state index contributed by atoms with van der Waals surface area (Å²) in [6.07, 6.45) is 0. The molecule has 3 rings (SSSR count). The number of aromatic nitrogens is 2. The van der Waals surface area contributed by atoms with Crippen LogP contribution in [0.3, 0.4) is 0 Å². The van der Waals surface area contributed by atoms with E-state index in [1.807, 2.05) is 6.92 Å². The third-order valence-electron chi connectivity index (χ3n) is 3.74. The lowest BCUT2D eigenvalue weighted by Crippen LogP contribution is -2.66. The molecule has 1 aromatic carbocycles. The Kier molecular flexibility index (Phi) is 4.17. The number of hydrogen-bond donors (Lipinski definition) is 1. The van der Waals surface area contributed by atoms with E-state index >= 15 is 0 Å². The first kappa shape index (κ1) is 16.0. The van der Waals surface area contributed by atoms with E-state index in [1.54, 1.807) is 29.3 Å². The number of aryl methyl sites for hydroxylation is 1. The summed E-state index contributed by atoms with van der Waals surface area (Å²) >= 11 is 5.99. The maximum absolute atomic E-state index is 12.6. The molecule has 2 aromatic rings. The monoisotopic (exact) mass is 358 g/mol. The van der Waals surface area contributed by atoms with Gasteiger partial charge in [-0.15, -0.1) is 5.01 Å². The second-order valence-electron chi connectivity index (χ2n) is 5.29. The minimum absolute atomic E-state index is 0.0290. The molecule has 10 heteroatoms. The molecule has 0 atom stereocenters. The average Bonchev–Trinajstić information content (AvgIpc) is 2.87. The molecule has 0 radical (unpaired) electrons. The molecule has 0 aliphatic carbocycles. The van der Waals surface area contributed by atoms with Crippen molar-refractivity contribution in [2.45, 2.75) is 11.8 Å². The topological polar surface area (TPSA) is 96.5 Å². The van der Waals surface area contributed by atoms with E-state index in [4.69, 9.17) is 21.9 Å². The van der Waals surface area contributed by atoms with Crippen LogP contribution in [0.2, 0.25) is 5.15 Å². The number of hydrogen-bond acceptors (Lipinski definition) is 6. The number of nitrogens with zero attached hydrogens (tertiary/aromatic N) is 4. The molecule has 0 amide bonds. The van der Waals surface area contributed by atoms with Crippen molar-refractivity contribution < 1.29 is 17.7 Å². The Labute approximate surface area is 139 Å². The molecule has 8 nitrogen and oxygen atoms in total. The van der Waals surface area contributed by atoms with Crippen molar-refractivity contribution in [3.63, 3.8) is 0 Å². The predicted octanol–water partition coefficient (Wildman–Crippen LogP) is 0.149. The molecular formula is C13H17ClN5O3S+. The van der Waals surface area contributed by atoms with Gasteiger partial charge in [0.25, 0.3) is 0 Å². The minimum atomic E-state index is -3.49. The molecular weight excluding hydrogens is 342 g/mol. The Bertz CT molecular complexity index is 798. The van der Waals surface area contributed by atoms with Gasteiger partial charge < -0.3 is 5.73 Å². The zero-order chi connectivity index (χ0) is 16.6. The molecule has 0 bridgehead atoms. The van der Waals surface area contributed by atoms with Crippen molar-refractivity contribution in [1.82, 2.24) is 9.58 Å². The van der Waals surface area contributed by atoms with Crippen LogP contribution in [-0.4, -0.2) is 44.2 Å². The summed E-state index contributed by atoms with van der Waals surface area (Å²) in [5, 5.41) is 5.70. The summed E-state index contributed by atoms with van der Waals surface area (Å²) in [6.45, 7) is 3.43. The lowest BCUT2D eigenvalue weighted by molar-refractivity contribution is -0.757. The summed E-state index contributed by atoms with van der Waals surface area (Å²) in [5.41, 5.74) is 6.53. The normalized spacial score (nSPS) is 16.7. The number of nitrogens with two attached hydrogens (primary N) is 1. The van der Waals surface area contributed by atoms with Crippen molar-refractivity contribution in [3.8, 4) is 0 Å². The maximum Gasteiger partial charge on any atom is 0.399 e. The third-order valence-corrected chi connectivity index (χ3v) is 5.99. The van der Waals surface area contributed by atoms with Crippen molar-refractivity contribution in [2.24, 2.45) is 0 Å². The Morgan fingerprint density at radius 3 is 2.35 bits per heavy atom. The standard InChI is InChI=1S/C13H17ClN5O3S/c1-10-2-4-11(5-3-10)23(20,21)18-8-6-17(7-9-18)19-12(14)13(15)22-16-19/h2-5H,6-9,15H2,1H3/q+1. The number of piperazine rings is 1. The Morgan fingerprint density at radius 2 is 1.83 bits per heavy atom. The van der Waals surface area contributed by atoms with Gasteiger partial charge in [0.05, 0.1) is 22.8 Å². The molecule has 1 fully saturated rings. The maximum atomic E-state index is 12.6. The predicted molar refractivity (Wildman–Crippen MR) is 84.0 cm³/mol. The van der Waals surface area contributed by atoms with Crippen molar-refractivity contribution in [3.05, 3.63) is 35.0 Å². The first-order valence-corrected chi connectivity index (χ1v) is 8.86. The van der Waals surface area contributed by atoms with Gasteiger partial charge in [-0.2, -0.15) is 4.31 Å². The highest BCUT2D eigenvalue weighted by molar-refractivity contribution is 7.89. The number of halogens is 1. The summed E-state index contributed by atoms with van der Waals surface area (Å²) < 4.78 is 31.5. The summed E-state index contributed by atoms with van der Waals surface area (Å²) in [6, 6.07) is 6.83. The van der Waals surface area contributed by atoms with Crippen LogP contribution in [0.1, 0.15) is 5.56 Å². The summed E-state index contributed by atoms with van der Waals surface area (Å²) in [5.74, 6) is 0.0290. The zero-order valence-corrected chi connectivity index (χ0v) is 14.1. The molecule has 1 saturated heterocycles. The van der Waals surface area contributed by atoms with Gasteiger partial charge in [0, 0.05) is 24.7 Å². The second kappa shape index (κ2) is 5.99. The van der Waals surface area contributed by atoms with E-state index in [2.05, 4.69) is 5.27 Å². The quantitative estimate of drug-likeness (QED) is 0.784. The fourth-order valence-electron chi connectivity index (χ4n) is 2.40. The molecule has 0 spiro atoms. The SMILES string of the molecule is Cc1ccc(S(=O)(=O)N2CCN([n+]3noc(N)c3Cl)CC2)cc1. The van der Waals surface area contributed by atoms with Crippen molar-refractivity contribution in [1.29, 1.82) is 0 Å². The van der Waals surface area contributed by atoms with E-state index in [0.29, 0.717) is 31.1 Å². The molecule has 124 valence electrons. The van der Waals surface area contributed by atoms with Crippen LogP contribution in [0.5, 0.6) is 0 Å². The van der Waals surface area contributed by atoms with Crippen molar-refractivity contribution in [2.75, 3.05) is 36.9 Å². The molecule has 2 N–H and O–H groups in total. The lowest BCUT2D eigenvalue weighted by Gasteiger charge is -2.29. The molecule has 0 saturated carbocycles. The van der Waals surface area contributed by atoms with E-state index in [-0.39, 0.29) is 11.0 Å². The largest absolute Gasteiger partial charge is 0.399 e. The fraction of sp³-hybridized carbons (Fsp3) is 0.385. The summed E-state index contributed by atoms with van der Waals surface area (Å²) in [4.78, 5) is 1.65. The Balaban J connectivity index is 1.73. The Morgan fingerprint density at radius 1 is 1.22 bits per heavy atom. The molecule has 23 heavy (non-hydrogen) atoms. The first-order chi connectivity index (χ1) is 10.9. The van der Waals surface area contributed by atoms with Crippen molar-refractivity contribution >= 4 is 27.5 Å². The smallest absolute Gasteiger partial charge is 0.361 e. The number of rotatable bonds is 3. The highest BCUT2D eigenvalue weighted by Crippen LogP contribution is 2.18. The molecule has 1 aliphatic heterocycles. The van der Waals surface area contributed by atoms with Crippen LogP contribution in [-0.2, 0) is 10.0 Å². The summed E-state index contributed by atoms with van der Waals surface area (Å²) in [7, 11) is -3.49.